The summed E-state index contributed by atoms with van der Waals surface area (Å²) in [6.07, 6.45) is 1.38. The number of carbonyl (C=O) groups excluding carboxylic acids is 1. The lowest BCUT2D eigenvalue weighted by atomic mass is 10.1. The second-order valence-corrected chi connectivity index (χ2v) is 6.44. The molecule has 0 aliphatic heterocycles. The Hall–Kier alpha value is -3.81. The zero-order valence-electron chi connectivity index (χ0n) is 15.3. The number of amides is 1. The largest absolute Gasteiger partial charge is 0.352 e. The van der Waals surface area contributed by atoms with Crippen molar-refractivity contribution < 1.29 is 13.7 Å². The normalized spacial score (nSPS) is 10.9. The van der Waals surface area contributed by atoms with Crippen LogP contribution in [0.25, 0.3) is 22.4 Å². The van der Waals surface area contributed by atoms with Crippen LogP contribution in [0, 0.1) is 5.82 Å². The van der Waals surface area contributed by atoms with Crippen molar-refractivity contribution in [2.45, 2.75) is 19.5 Å². The van der Waals surface area contributed by atoms with Crippen molar-refractivity contribution in [2.75, 3.05) is 0 Å². The first-order chi connectivity index (χ1) is 14.1. The van der Waals surface area contributed by atoms with Gasteiger partial charge in [0.05, 0.1) is 0 Å². The quantitative estimate of drug-likeness (QED) is 0.545. The third-order valence-corrected chi connectivity index (χ3v) is 4.52. The van der Waals surface area contributed by atoms with Crippen LogP contribution in [0.1, 0.15) is 12.0 Å². The molecule has 7 nitrogen and oxygen atoms in total. The van der Waals surface area contributed by atoms with Crippen LogP contribution in [0.5, 0.6) is 0 Å². The van der Waals surface area contributed by atoms with E-state index in [1.807, 2.05) is 30.3 Å². The van der Waals surface area contributed by atoms with E-state index in [1.165, 1.54) is 17.0 Å². The lowest BCUT2D eigenvalue weighted by molar-refractivity contribution is -0.121. The lowest BCUT2D eigenvalue weighted by Crippen LogP contribution is -2.27. The number of rotatable bonds is 6. The molecule has 2 aromatic heterocycles. The van der Waals surface area contributed by atoms with Crippen LogP contribution in [0.3, 0.4) is 0 Å². The molecular formula is C21H17FN4O3. The summed E-state index contributed by atoms with van der Waals surface area (Å²) >= 11 is 0. The fourth-order valence-electron chi connectivity index (χ4n) is 2.98. The molecule has 0 aliphatic rings. The van der Waals surface area contributed by atoms with Crippen molar-refractivity contribution in [2.24, 2.45) is 0 Å². The highest BCUT2D eigenvalue weighted by atomic mass is 19.1. The van der Waals surface area contributed by atoms with Gasteiger partial charge in [0.2, 0.25) is 5.91 Å². The number of hydrogen-bond donors (Lipinski definition) is 1. The van der Waals surface area contributed by atoms with E-state index in [2.05, 4.69) is 15.5 Å². The van der Waals surface area contributed by atoms with Gasteiger partial charge in [-0.05, 0) is 6.07 Å². The molecule has 2 aromatic carbocycles. The van der Waals surface area contributed by atoms with Gasteiger partial charge >= 0.3 is 0 Å². The maximum atomic E-state index is 13.6. The van der Waals surface area contributed by atoms with Crippen LogP contribution in [-0.2, 0) is 17.9 Å². The molecule has 0 spiro atoms. The summed E-state index contributed by atoms with van der Waals surface area (Å²) in [5.74, 6) is -0.673. The molecule has 4 aromatic rings. The third-order valence-electron chi connectivity index (χ3n) is 4.52. The monoisotopic (exact) mass is 392 g/mol. The van der Waals surface area contributed by atoms with E-state index in [4.69, 9.17) is 4.52 Å². The molecule has 0 saturated carbocycles. The van der Waals surface area contributed by atoms with E-state index in [0.29, 0.717) is 11.3 Å². The minimum atomic E-state index is -0.375. The van der Waals surface area contributed by atoms with E-state index < -0.39 is 0 Å². The van der Waals surface area contributed by atoms with Crippen molar-refractivity contribution in [1.82, 2.24) is 20.0 Å². The fourth-order valence-corrected chi connectivity index (χ4v) is 2.98. The SMILES string of the molecule is O=C(CCn1cnc2onc(-c3ccccc3)c2c1=O)NCc1ccccc1F. The zero-order valence-corrected chi connectivity index (χ0v) is 15.3. The topological polar surface area (TPSA) is 90.0 Å². The van der Waals surface area contributed by atoms with Gasteiger partial charge in [-0.3, -0.25) is 14.2 Å². The minimum Gasteiger partial charge on any atom is -0.352 e. The van der Waals surface area contributed by atoms with Gasteiger partial charge < -0.3 is 9.84 Å². The first-order valence-electron chi connectivity index (χ1n) is 9.04. The van der Waals surface area contributed by atoms with Gasteiger partial charge in [0.1, 0.15) is 23.2 Å². The second kappa shape index (κ2) is 8.05. The predicted molar refractivity (Wildman–Crippen MR) is 104 cm³/mol. The summed E-state index contributed by atoms with van der Waals surface area (Å²) in [4.78, 5) is 29.1. The highest BCUT2D eigenvalue weighted by Crippen LogP contribution is 2.23. The third kappa shape index (κ3) is 3.91. The summed E-state index contributed by atoms with van der Waals surface area (Å²) in [5.41, 5.74) is 1.37. The fraction of sp³-hybridized carbons (Fsp3) is 0.143. The summed E-state index contributed by atoms with van der Waals surface area (Å²) in [6, 6.07) is 15.4. The molecule has 4 rings (SSSR count). The molecule has 146 valence electrons. The number of fused-ring (bicyclic) bond motifs is 1. The summed E-state index contributed by atoms with van der Waals surface area (Å²) < 4.78 is 20.1. The second-order valence-electron chi connectivity index (χ2n) is 6.44. The van der Waals surface area contributed by atoms with Crippen LogP contribution in [0.2, 0.25) is 0 Å². The average Bonchev–Trinajstić information content (AvgIpc) is 3.18. The molecular weight excluding hydrogens is 375 g/mol. The zero-order chi connectivity index (χ0) is 20.2. The van der Waals surface area contributed by atoms with E-state index in [0.717, 1.165) is 5.56 Å². The first kappa shape index (κ1) is 18.5. The highest BCUT2D eigenvalue weighted by molar-refractivity contribution is 5.88. The van der Waals surface area contributed by atoms with Crippen LogP contribution >= 0.6 is 0 Å². The molecule has 8 heteroatoms. The summed E-state index contributed by atoms with van der Waals surface area (Å²) in [6.45, 7) is 0.214. The molecule has 1 amide bonds. The van der Waals surface area contributed by atoms with Gasteiger partial charge in [0.15, 0.2) is 0 Å². The number of nitrogens with one attached hydrogen (secondary N) is 1. The van der Waals surface area contributed by atoms with Crippen LogP contribution in [-0.4, -0.2) is 20.6 Å². The number of aryl methyl sites for hydroxylation is 1. The van der Waals surface area contributed by atoms with Crippen molar-refractivity contribution in [3.8, 4) is 11.3 Å². The van der Waals surface area contributed by atoms with E-state index in [9.17, 15) is 14.0 Å². The number of halogens is 1. The van der Waals surface area contributed by atoms with E-state index >= 15 is 0 Å². The number of carbonyl (C=O) groups is 1. The number of aromatic nitrogens is 3. The molecule has 0 radical (unpaired) electrons. The van der Waals surface area contributed by atoms with Crippen LogP contribution in [0.4, 0.5) is 4.39 Å². The molecule has 1 N–H and O–H groups in total. The Bertz CT molecular complexity index is 1220. The maximum absolute atomic E-state index is 13.6. The lowest BCUT2D eigenvalue weighted by Gasteiger charge is -2.07. The van der Waals surface area contributed by atoms with Gasteiger partial charge in [-0.2, -0.15) is 0 Å². The van der Waals surface area contributed by atoms with E-state index in [1.54, 1.807) is 18.2 Å². The van der Waals surface area contributed by atoms with E-state index in [-0.39, 0.29) is 47.9 Å². The Kier molecular flexibility index (Phi) is 5.15. The van der Waals surface area contributed by atoms with Gasteiger partial charge in [-0.1, -0.05) is 53.7 Å². The molecule has 29 heavy (non-hydrogen) atoms. The predicted octanol–water partition coefficient (Wildman–Crippen LogP) is 2.90. The van der Waals surface area contributed by atoms with Crippen molar-refractivity contribution in [3.63, 3.8) is 0 Å². The van der Waals surface area contributed by atoms with Crippen molar-refractivity contribution >= 4 is 17.0 Å². The van der Waals surface area contributed by atoms with Gasteiger partial charge in [-0.25, -0.2) is 9.37 Å². The Balaban J connectivity index is 1.48. The molecule has 0 atom stereocenters. The van der Waals surface area contributed by atoms with Crippen LogP contribution < -0.4 is 10.9 Å². The Morgan fingerprint density at radius 1 is 1.10 bits per heavy atom. The molecule has 0 bridgehead atoms. The van der Waals surface area contributed by atoms with Gasteiger partial charge in [0.25, 0.3) is 11.3 Å². The number of hydrogen-bond acceptors (Lipinski definition) is 5. The first-order valence-corrected chi connectivity index (χ1v) is 9.04. The molecule has 0 aliphatic carbocycles. The van der Waals surface area contributed by atoms with Crippen LogP contribution in [0.15, 0.2) is 70.2 Å². The van der Waals surface area contributed by atoms with Crippen molar-refractivity contribution in [3.05, 3.63) is 82.7 Å². The Morgan fingerprint density at radius 3 is 2.66 bits per heavy atom. The standard InChI is InChI=1S/C21H17FN4O3/c22-16-9-5-4-8-15(16)12-23-17(27)10-11-26-13-24-20-18(21(26)28)19(25-29-20)14-6-2-1-3-7-14/h1-9,13H,10-12H2,(H,23,27). The molecule has 2 heterocycles. The van der Waals surface area contributed by atoms with Crippen molar-refractivity contribution in [1.29, 1.82) is 0 Å². The smallest absolute Gasteiger partial charge is 0.266 e. The van der Waals surface area contributed by atoms with Gasteiger partial charge in [0, 0.05) is 30.6 Å². The minimum absolute atomic E-state index is 0.0491. The Labute approximate surface area is 164 Å². The average molecular weight is 392 g/mol. The Morgan fingerprint density at radius 2 is 1.86 bits per heavy atom. The number of benzene rings is 2. The molecule has 0 fully saturated rings. The maximum Gasteiger partial charge on any atom is 0.266 e. The summed E-state index contributed by atoms with van der Waals surface area (Å²) in [7, 11) is 0. The summed E-state index contributed by atoms with van der Waals surface area (Å²) in [5, 5.41) is 6.89. The van der Waals surface area contributed by atoms with Gasteiger partial charge in [-0.15, -0.1) is 0 Å². The molecule has 0 unspecified atom stereocenters. The molecule has 0 saturated heterocycles. The highest BCUT2D eigenvalue weighted by Gasteiger charge is 2.17. The number of nitrogens with zero attached hydrogens (tertiary/aromatic N) is 3.